The predicted octanol–water partition coefficient (Wildman–Crippen LogP) is 3.02. The molecule has 0 aliphatic rings. The normalized spacial score (nSPS) is 10.8. The second kappa shape index (κ2) is 6.57. The second-order valence-corrected chi connectivity index (χ2v) is 4.82. The first-order chi connectivity index (χ1) is 11.2. The lowest BCUT2D eigenvalue weighted by atomic mass is 10.2. The van der Waals surface area contributed by atoms with E-state index in [1.165, 1.54) is 12.1 Å². The van der Waals surface area contributed by atoms with Crippen LogP contribution in [0.25, 0.3) is 5.69 Å². The molecule has 0 fully saturated rings. The van der Waals surface area contributed by atoms with Crippen molar-refractivity contribution in [3.63, 3.8) is 0 Å². The van der Waals surface area contributed by atoms with Gasteiger partial charge in [0.15, 0.2) is 0 Å². The molecular weight excluding hydrogens is 292 g/mol. The van der Waals surface area contributed by atoms with E-state index in [0.29, 0.717) is 5.69 Å². The lowest BCUT2D eigenvalue weighted by Gasteiger charge is -2.03. The number of carboxylic acid groups (broad SMARTS) is 1. The molecule has 2 aromatic carbocycles. The average Bonchev–Trinajstić information content (AvgIpc) is 3.10. The summed E-state index contributed by atoms with van der Waals surface area (Å²) in [6, 6.07) is 14.3. The number of aromatic carboxylic acids is 1. The molecule has 0 saturated heterocycles. The van der Waals surface area contributed by atoms with Crippen LogP contribution in [0.15, 0.2) is 72.4 Å². The molecule has 114 valence electrons. The van der Waals surface area contributed by atoms with Gasteiger partial charge in [0.1, 0.15) is 0 Å². The van der Waals surface area contributed by atoms with Gasteiger partial charge < -0.3 is 9.67 Å². The van der Waals surface area contributed by atoms with Gasteiger partial charge in [0.2, 0.25) is 0 Å². The third kappa shape index (κ3) is 3.62. The number of benzene rings is 2. The number of imidazole rings is 1. The monoisotopic (exact) mass is 306 g/mol. The molecular formula is C17H14N4O2. The Labute approximate surface area is 132 Å². The van der Waals surface area contributed by atoms with Gasteiger partial charge in [0.25, 0.3) is 0 Å². The van der Waals surface area contributed by atoms with Crippen molar-refractivity contribution in [2.24, 2.45) is 5.10 Å². The van der Waals surface area contributed by atoms with Crippen molar-refractivity contribution in [2.75, 3.05) is 5.43 Å². The highest BCUT2D eigenvalue weighted by Crippen LogP contribution is 2.11. The number of anilines is 1. The van der Waals surface area contributed by atoms with Crippen LogP contribution >= 0.6 is 0 Å². The van der Waals surface area contributed by atoms with Gasteiger partial charge in [-0.05, 0) is 35.9 Å². The Kier molecular flexibility index (Phi) is 4.15. The minimum Gasteiger partial charge on any atom is -0.478 e. The number of carbonyl (C=O) groups is 1. The van der Waals surface area contributed by atoms with Gasteiger partial charge >= 0.3 is 5.97 Å². The summed E-state index contributed by atoms with van der Waals surface area (Å²) >= 11 is 0. The zero-order valence-corrected chi connectivity index (χ0v) is 12.1. The van der Waals surface area contributed by atoms with Crippen molar-refractivity contribution in [1.82, 2.24) is 9.55 Å². The van der Waals surface area contributed by atoms with E-state index in [4.69, 9.17) is 5.11 Å². The Bertz CT molecular complexity index is 824. The molecule has 1 aromatic heterocycles. The molecule has 0 aliphatic heterocycles. The third-order valence-corrected chi connectivity index (χ3v) is 3.21. The maximum Gasteiger partial charge on any atom is 0.335 e. The lowest BCUT2D eigenvalue weighted by Crippen LogP contribution is -1.97. The van der Waals surface area contributed by atoms with Crippen molar-refractivity contribution in [1.29, 1.82) is 0 Å². The molecule has 0 radical (unpaired) electrons. The van der Waals surface area contributed by atoms with Gasteiger partial charge in [-0.3, -0.25) is 5.43 Å². The van der Waals surface area contributed by atoms with E-state index in [0.717, 1.165) is 11.3 Å². The fourth-order valence-corrected chi connectivity index (χ4v) is 2.05. The van der Waals surface area contributed by atoms with Crippen LogP contribution in [0.2, 0.25) is 0 Å². The lowest BCUT2D eigenvalue weighted by molar-refractivity contribution is 0.0697. The molecule has 0 atom stereocenters. The molecule has 0 unspecified atom stereocenters. The van der Waals surface area contributed by atoms with E-state index >= 15 is 0 Å². The molecule has 1 heterocycles. The van der Waals surface area contributed by atoms with Crippen LogP contribution in [-0.2, 0) is 0 Å². The fourth-order valence-electron chi connectivity index (χ4n) is 2.05. The molecule has 6 nitrogen and oxygen atoms in total. The summed E-state index contributed by atoms with van der Waals surface area (Å²) < 4.78 is 1.91. The van der Waals surface area contributed by atoms with E-state index in [2.05, 4.69) is 15.5 Å². The molecule has 3 rings (SSSR count). The van der Waals surface area contributed by atoms with E-state index in [1.807, 2.05) is 35.0 Å². The van der Waals surface area contributed by atoms with Crippen molar-refractivity contribution in [2.45, 2.75) is 0 Å². The Hall–Kier alpha value is -3.41. The number of rotatable bonds is 5. The van der Waals surface area contributed by atoms with E-state index in [9.17, 15) is 4.79 Å². The van der Waals surface area contributed by atoms with Crippen LogP contribution in [0, 0.1) is 0 Å². The number of hydrogen-bond acceptors (Lipinski definition) is 4. The number of nitrogens with zero attached hydrogens (tertiary/aromatic N) is 3. The molecule has 0 saturated carbocycles. The Morgan fingerprint density at radius 1 is 1.22 bits per heavy atom. The van der Waals surface area contributed by atoms with Gasteiger partial charge in [-0.15, -0.1) is 0 Å². The highest BCUT2D eigenvalue weighted by Gasteiger charge is 2.02. The summed E-state index contributed by atoms with van der Waals surface area (Å²) in [6.45, 7) is 0. The van der Waals surface area contributed by atoms with E-state index in [-0.39, 0.29) is 5.56 Å². The van der Waals surface area contributed by atoms with Crippen molar-refractivity contribution < 1.29 is 9.90 Å². The highest BCUT2D eigenvalue weighted by atomic mass is 16.4. The number of aromatic nitrogens is 2. The SMILES string of the molecule is O=C(O)c1cccc(N/N=C\c2ccc(-n3ccnc3)cc2)c1. The summed E-state index contributed by atoms with van der Waals surface area (Å²) in [7, 11) is 0. The Balaban J connectivity index is 1.66. The standard InChI is InChI=1S/C17H14N4O2/c22-17(23)14-2-1-3-15(10-14)20-19-11-13-4-6-16(7-5-13)21-9-8-18-12-21/h1-12,20H,(H,22,23)/b19-11-. The summed E-state index contributed by atoms with van der Waals surface area (Å²) in [5.74, 6) is -0.965. The smallest absolute Gasteiger partial charge is 0.335 e. The van der Waals surface area contributed by atoms with Crippen LogP contribution in [0.5, 0.6) is 0 Å². The molecule has 0 aliphatic carbocycles. The quantitative estimate of drug-likeness (QED) is 0.561. The number of carboxylic acids is 1. The van der Waals surface area contributed by atoms with Crippen LogP contribution < -0.4 is 5.43 Å². The van der Waals surface area contributed by atoms with Crippen molar-refractivity contribution >= 4 is 17.9 Å². The van der Waals surface area contributed by atoms with Gasteiger partial charge in [-0.2, -0.15) is 5.10 Å². The zero-order valence-electron chi connectivity index (χ0n) is 12.1. The third-order valence-electron chi connectivity index (χ3n) is 3.21. The molecule has 0 amide bonds. The summed E-state index contributed by atoms with van der Waals surface area (Å²) in [5, 5.41) is 13.1. The molecule has 0 spiro atoms. The second-order valence-electron chi connectivity index (χ2n) is 4.82. The maximum atomic E-state index is 10.9. The number of hydrazone groups is 1. The average molecular weight is 306 g/mol. The first-order valence-electron chi connectivity index (χ1n) is 6.93. The van der Waals surface area contributed by atoms with Crippen molar-refractivity contribution in [3.05, 3.63) is 78.4 Å². The van der Waals surface area contributed by atoms with Crippen LogP contribution in [-0.4, -0.2) is 26.8 Å². The fraction of sp³-hybridized carbons (Fsp3) is 0. The highest BCUT2D eigenvalue weighted by molar-refractivity contribution is 5.88. The van der Waals surface area contributed by atoms with Crippen molar-refractivity contribution in [3.8, 4) is 5.69 Å². The topological polar surface area (TPSA) is 79.5 Å². The van der Waals surface area contributed by atoms with Gasteiger partial charge in [-0.1, -0.05) is 18.2 Å². The predicted molar refractivity (Wildman–Crippen MR) is 88.2 cm³/mol. The largest absolute Gasteiger partial charge is 0.478 e. The molecule has 23 heavy (non-hydrogen) atoms. The Morgan fingerprint density at radius 3 is 2.74 bits per heavy atom. The Morgan fingerprint density at radius 2 is 2.04 bits per heavy atom. The first-order valence-corrected chi connectivity index (χ1v) is 6.93. The minimum atomic E-state index is -0.965. The van der Waals surface area contributed by atoms with Gasteiger partial charge in [0.05, 0.1) is 23.8 Å². The molecule has 3 aromatic rings. The summed E-state index contributed by atoms with van der Waals surface area (Å²) in [5.41, 5.74) is 5.60. The van der Waals surface area contributed by atoms with Crippen LogP contribution in [0.4, 0.5) is 5.69 Å². The van der Waals surface area contributed by atoms with Gasteiger partial charge in [0, 0.05) is 18.1 Å². The summed E-state index contributed by atoms with van der Waals surface area (Å²) in [4.78, 5) is 14.9. The van der Waals surface area contributed by atoms with Crippen LogP contribution in [0.1, 0.15) is 15.9 Å². The van der Waals surface area contributed by atoms with E-state index in [1.54, 1.807) is 30.9 Å². The number of nitrogens with one attached hydrogen (secondary N) is 1. The maximum absolute atomic E-state index is 10.9. The zero-order chi connectivity index (χ0) is 16.1. The van der Waals surface area contributed by atoms with E-state index < -0.39 is 5.97 Å². The van der Waals surface area contributed by atoms with Gasteiger partial charge in [-0.25, -0.2) is 9.78 Å². The van der Waals surface area contributed by atoms with Crippen LogP contribution in [0.3, 0.4) is 0 Å². The molecule has 0 bridgehead atoms. The minimum absolute atomic E-state index is 0.217. The molecule has 6 heteroatoms. The first kappa shape index (κ1) is 14.5. The molecule has 2 N–H and O–H groups in total. The number of hydrogen-bond donors (Lipinski definition) is 2. The summed E-state index contributed by atoms with van der Waals surface area (Å²) in [6.07, 6.45) is 7.01.